The molecular formula is C14H21BrN2O3. The fourth-order valence-corrected chi connectivity index (χ4v) is 2.76. The van der Waals surface area contributed by atoms with Crippen molar-refractivity contribution in [1.29, 1.82) is 0 Å². The maximum Gasteiger partial charge on any atom is 0.274 e. The first kappa shape index (κ1) is 16.8. The number of nitrogens with zero attached hydrogens (tertiary/aromatic N) is 2. The number of amides is 1. The van der Waals surface area contributed by atoms with E-state index < -0.39 is 0 Å². The summed E-state index contributed by atoms with van der Waals surface area (Å²) in [6.45, 7) is 7.91. The molecule has 0 radical (unpaired) electrons. The van der Waals surface area contributed by atoms with Crippen molar-refractivity contribution in [2.75, 3.05) is 14.2 Å². The van der Waals surface area contributed by atoms with Crippen LogP contribution >= 0.6 is 15.9 Å². The lowest BCUT2D eigenvalue weighted by Gasteiger charge is -2.30. The van der Waals surface area contributed by atoms with E-state index in [9.17, 15) is 4.79 Å². The number of halogens is 1. The summed E-state index contributed by atoms with van der Waals surface area (Å²) in [5, 5.41) is 0. The summed E-state index contributed by atoms with van der Waals surface area (Å²) in [6.07, 6.45) is 1.50. The van der Waals surface area contributed by atoms with Gasteiger partial charge >= 0.3 is 0 Å². The standard InChI is InChI=1S/C14H21BrN2O3/c1-8(2)17(9(3)4)14(18)12-11(15)13(20-6)10(19-5)7-16-12/h7-9H,1-6H3. The molecule has 0 bridgehead atoms. The van der Waals surface area contributed by atoms with Crippen LogP contribution in [0.3, 0.4) is 0 Å². The third-order valence-electron chi connectivity index (χ3n) is 2.92. The van der Waals surface area contributed by atoms with E-state index in [4.69, 9.17) is 9.47 Å². The van der Waals surface area contributed by atoms with Crippen LogP contribution in [0.2, 0.25) is 0 Å². The molecule has 20 heavy (non-hydrogen) atoms. The van der Waals surface area contributed by atoms with Gasteiger partial charge in [-0.15, -0.1) is 0 Å². The van der Waals surface area contributed by atoms with Crippen LogP contribution in [-0.4, -0.2) is 42.1 Å². The molecule has 0 aliphatic heterocycles. The van der Waals surface area contributed by atoms with Gasteiger partial charge in [0.2, 0.25) is 0 Å². The molecule has 0 aromatic carbocycles. The molecule has 1 amide bonds. The summed E-state index contributed by atoms with van der Waals surface area (Å²) in [5.41, 5.74) is 0.324. The summed E-state index contributed by atoms with van der Waals surface area (Å²) >= 11 is 3.39. The van der Waals surface area contributed by atoms with Gasteiger partial charge in [-0.2, -0.15) is 0 Å². The number of methoxy groups -OCH3 is 2. The van der Waals surface area contributed by atoms with Crippen molar-refractivity contribution >= 4 is 21.8 Å². The van der Waals surface area contributed by atoms with Gasteiger partial charge in [0.25, 0.3) is 5.91 Å². The van der Waals surface area contributed by atoms with E-state index in [1.807, 2.05) is 27.7 Å². The summed E-state index contributed by atoms with van der Waals surface area (Å²) in [5.74, 6) is 0.817. The van der Waals surface area contributed by atoms with Gasteiger partial charge in [-0.05, 0) is 43.6 Å². The number of hydrogen-bond acceptors (Lipinski definition) is 4. The lowest BCUT2D eigenvalue weighted by Crippen LogP contribution is -2.42. The van der Waals surface area contributed by atoms with Crippen molar-refractivity contribution in [2.24, 2.45) is 0 Å². The molecule has 6 heteroatoms. The lowest BCUT2D eigenvalue weighted by molar-refractivity contribution is 0.0636. The first-order valence-corrected chi connectivity index (χ1v) is 7.23. The van der Waals surface area contributed by atoms with Crippen LogP contribution in [0.4, 0.5) is 0 Å². The Hall–Kier alpha value is -1.30. The first-order chi connectivity index (χ1) is 9.34. The molecule has 0 spiro atoms. The van der Waals surface area contributed by atoms with Crippen LogP contribution in [0.5, 0.6) is 11.5 Å². The molecule has 0 aliphatic carbocycles. The largest absolute Gasteiger partial charge is 0.492 e. The monoisotopic (exact) mass is 344 g/mol. The molecule has 0 unspecified atom stereocenters. The Bertz CT molecular complexity index is 482. The number of ether oxygens (including phenoxy) is 2. The highest BCUT2D eigenvalue weighted by Gasteiger charge is 2.27. The van der Waals surface area contributed by atoms with E-state index >= 15 is 0 Å². The molecule has 0 atom stereocenters. The zero-order valence-corrected chi connectivity index (χ0v) is 14.3. The van der Waals surface area contributed by atoms with Crippen LogP contribution in [0.1, 0.15) is 38.2 Å². The Morgan fingerprint density at radius 3 is 2.15 bits per heavy atom. The molecule has 0 saturated carbocycles. The minimum Gasteiger partial charge on any atom is -0.492 e. The van der Waals surface area contributed by atoms with E-state index in [2.05, 4.69) is 20.9 Å². The van der Waals surface area contributed by atoms with Gasteiger partial charge in [-0.1, -0.05) is 0 Å². The lowest BCUT2D eigenvalue weighted by atomic mass is 10.2. The van der Waals surface area contributed by atoms with Gasteiger partial charge in [0.05, 0.1) is 24.9 Å². The summed E-state index contributed by atoms with van der Waals surface area (Å²) in [6, 6.07) is 0.175. The second kappa shape index (κ2) is 6.92. The summed E-state index contributed by atoms with van der Waals surface area (Å²) in [7, 11) is 3.06. The van der Waals surface area contributed by atoms with Crippen molar-refractivity contribution in [1.82, 2.24) is 9.88 Å². The minimum absolute atomic E-state index is 0.0873. The normalized spacial score (nSPS) is 10.8. The summed E-state index contributed by atoms with van der Waals surface area (Å²) in [4.78, 5) is 18.6. The Labute approximate surface area is 128 Å². The van der Waals surface area contributed by atoms with Gasteiger partial charge in [-0.25, -0.2) is 4.98 Å². The van der Waals surface area contributed by atoms with E-state index in [0.29, 0.717) is 21.7 Å². The second-order valence-electron chi connectivity index (χ2n) is 4.92. The minimum atomic E-state index is -0.136. The van der Waals surface area contributed by atoms with Gasteiger partial charge in [0, 0.05) is 12.1 Å². The van der Waals surface area contributed by atoms with Crippen LogP contribution < -0.4 is 9.47 Å². The topological polar surface area (TPSA) is 51.7 Å². The van der Waals surface area contributed by atoms with Crippen molar-refractivity contribution in [2.45, 2.75) is 39.8 Å². The average Bonchev–Trinajstić information content (AvgIpc) is 2.36. The van der Waals surface area contributed by atoms with Gasteiger partial charge in [0.1, 0.15) is 5.69 Å². The molecule has 5 nitrogen and oxygen atoms in total. The molecule has 1 aromatic heterocycles. The predicted octanol–water partition coefficient (Wildman–Crippen LogP) is 3.12. The van der Waals surface area contributed by atoms with E-state index in [0.717, 1.165) is 0 Å². The predicted molar refractivity (Wildman–Crippen MR) is 81.5 cm³/mol. The maximum absolute atomic E-state index is 12.7. The van der Waals surface area contributed by atoms with Gasteiger partial charge in [-0.3, -0.25) is 4.79 Å². The number of hydrogen-bond donors (Lipinski definition) is 0. The molecule has 0 saturated heterocycles. The fourth-order valence-electron chi connectivity index (χ4n) is 2.13. The van der Waals surface area contributed by atoms with Crippen LogP contribution in [0.15, 0.2) is 10.7 Å². The maximum atomic E-state index is 12.7. The number of carbonyl (C=O) groups excluding carboxylic acids is 1. The van der Waals surface area contributed by atoms with Crippen LogP contribution in [0.25, 0.3) is 0 Å². The Kier molecular flexibility index (Phi) is 5.80. The molecule has 0 fully saturated rings. The second-order valence-corrected chi connectivity index (χ2v) is 5.72. The number of pyridine rings is 1. The highest BCUT2D eigenvalue weighted by atomic mass is 79.9. The van der Waals surface area contributed by atoms with E-state index in [1.165, 1.54) is 20.4 Å². The Balaban J connectivity index is 3.29. The third kappa shape index (κ3) is 3.23. The SMILES string of the molecule is COc1cnc(C(=O)N(C(C)C)C(C)C)c(Br)c1OC. The van der Waals surface area contributed by atoms with Gasteiger partial charge < -0.3 is 14.4 Å². The molecule has 1 aromatic rings. The molecule has 1 rings (SSSR count). The van der Waals surface area contributed by atoms with Crippen molar-refractivity contribution in [3.8, 4) is 11.5 Å². The molecular weight excluding hydrogens is 324 g/mol. The van der Waals surface area contributed by atoms with Crippen LogP contribution in [-0.2, 0) is 0 Å². The fraction of sp³-hybridized carbons (Fsp3) is 0.571. The number of rotatable bonds is 5. The zero-order valence-electron chi connectivity index (χ0n) is 12.7. The Morgan fingerprint density at radius 1 is 1.20 bits per heavy atom. The van der Waals surface area contributed by atoms with Crippen molar-refractivity contribution in [3.63, 3.8) is 0 Å². The molecule has 1 heterocycles. The molecule has 0 N–H and O–H groups in total. The summed E-state index contributed by atoms with van der Waals surface area (Å²) < 4.78 is 11.0. The molecule has 112 valence electrons. The smallest absolute Gasteiger partial charge is 0.274 e. The zero-order chi connectivity index (χ0) is 15.4. The Morgan fingerprint density at radius 2 is 1.75 bits per heavy atom. The number of aromatic nitrogens is 1. The van der Waals surface area contributed by atoms with Crippen LogP contribution in [0, 0.1) is 0 Å². The quantitative estimate of drug-likeness (QED) is 0.823. The number of carbonyl (C=O) groups is 1. The van der Waals surface area contributed by atoms with Gasteiger partial charge in [0.15, 0.2) is 11.5 Å². The highest BCUT2D eigenvalue weighted by molar-refractivity contribution is 9.10. The van der Waals surface area contributed by atoms with Crippen molar-refractivity contribution in [3.05, 3.63) is 16.4 Å². The first-order valence-electron chi connectivity index (χ1n) is 6.44. The molecule has 0 aliphatic rings. The highest BCUT2D eigenvalue weighted by Crippen LogP contribution is 2.36. The van der Waals surface area contributed by atoms with E-state index in [1.54, 1.807) is 4.90 Å². The van der Waals surface area contributed by atoms with E-state index in [-0.39, 0.29) is 18.0 Å². The van der Waals surface area contributed by atoms with Crippen molar-refractivity contribution < 1.29 is 14.3 Å². The average molecular weight is 345 g/mol. The third-order valence-corrected chi connectivity index (χ3v) is 3.65.